The molecular formula is C11H17BrN2S. The Bertz CT molecular complexity index is 385. The van der Waals surface area contributed by atoms with Gasteiger partial charge in [0.05, 0.1) is 4.47 Å². The lowest BCUT2D eigenvalue weighted by atomic mass is 10.1. The molecule has 0 amide bonds. The molecule has 15 heavy (non-hydrogen) atoms. The second kappa shape index (κ2) is 5.75. The highest BCUT2D eigenvalue weighted by Gasteiger charge is 2.09. The Morgan fingerprint density at radius 1 is 1.47 bits per heavy atom. The molecule has 0 unspecified atom stereocenters. The van der Waals surface area contributed by atoms with Crippen molar-refractivity contribution in [3.8, 4) is 0 Å². The summed E-state index contributed by atoms with van der Waals surface area (Å²) in [4.78, 5) is 7.73. The fourth-order valence-corrected chi connectivity index (χ4v) is 2.25. The van der Waals surface area contributed by atoms with Crippen molar-refractivity contribution >= 4 is 28.1 Å². The molecule has 1 aromatic heterocycles. The zero-order valence-electron chi connectivity index (χ0n) is 9.43. The van der Waals surface area contributed by atoms with Gasteiger partial charge in [-0.1, -0.05) is 39.4 Å². The first-order valence-electron chi connectivity index (χ1n) is 5.34. The summed E-state index contributed by atoms with van der Waals surface area (Å²) in [5.74, 6) is 1.44. The molecule has 0 aliphatic heterocycles. The SMILES string of the molecule is CCCCc1nc(=S)c(Br)c(C(C)C)[nH]1. The van der Waals surface area contributed by atoms with Crippen LogP contribution < -0.4 is 0 Å². The monoisotopic (exact) mass is 288 g/mol. The molecule has 4 heteroatoms. The van der Waals surface area contributed by atoms with Gasteiger partial charge < -0.3 is 4.98 Å². The van der Waals surface area contributed by atoms with E-state index in [1.807, 2.05) is 0 Å². The second-order valence-electron chi connectivity index (χ2n) is 3.97. The lowest BCUT2D eigenvalue weighted by Gasteiger charge is -2.10. The van der Waals surface area contributed by atoms with Crippen molar-refractivity contribution in [2.45, 2.75) is 46.0 Å². The maximum absolute atomic E-state index is 5.22. The van der Waals surface area contributed by atoms with Gasteiger partial charge in [0, 0.05) is 12.1 Å². The third-order valence-corrected chi connectivity index (χ3v) is 3.64. The molecule has 0 saturated carbocycles. The first-order valence-corrected chi connectivity index (χ1v) is 6.55. The Labute approximate surface area is 105 Å². The summed E-state index contributed by atoms with van der Waals surface area (Å²) >= 11 is 8.71. The molecule has 0 radical (unpaired) electrons. The molecule has 0 bridgehead atoms. The van der Waals surface area contributed by atoms with E-state index in [0.29, 0.717) is 10.6 Å². The average Bonchev–Trinajstić information content (AvgIpc) is 2.19. The summed E-state index contributed by atoms with van der Waals surface area (Å²) in [6.07, 6.45) is 3.31. The molecule has 84 valence electrons. The molecule has 0 atom stereocenters. The van der Waals surface area contributed by atoms with Crippen LogP contribution >= 0.6 is 28.1 Å². The molecule has 0 spiro atoms. The van der Waals surface area contributed by atoms with Crippen LogP contribution in [0.4, 0.5) is 0 Å². The van der Waals surface area contributed by atoms with Crippen LogP contribution in [0.5, 0.6) is 0 Å². The lowest BCUT2D eigenvalue weighted by Crippen LogP contribution is -2.03. The van der Waals surface area contributed by atoms with Crippen LogP contribution in [0.1, 0.15) is 51.0 Å². The number of unbranched alkanes of at least 4 members (excludes halogenated alkanes) is 1. The van der Waals surface area contributed by atoms with Crippen molar-refractivity contribution in [3.63, 3.8) is 0 Å². The van der Waals surface area contributed by atoms with E-state index in [2.05, 4.69) is 46.7 Å². The fraction of sp³-hybridized carbons (Fsp3) is 0.636. The number of aryl methyl sites for hydroxylation is 1. The van der Waals surface area contributed by atoms with Gasteiger partial charge in [-0.25, -0.2) is 4.98 Å². The van der Waals surface area contributed by atoms with E-state index in [0.717, 1.165) is 28.8 Å². The van der Waals surface area contributed by atoms with E-state index >= 15 is 0 Å². The average molecular weight is 289 g/mol. The van der Waals surface area contributed by atoms with Crippen LogP contribution in [-0.2, 0) is 6.42 Å². The number of nitrogens with one attached hydrogen (secondary N) is 1. The molecule has 1 heterocycles. The van der Waals surface area contributed by atoms with Crippen LogP contribution in [0.2, 0.25) is 0 Å². The highest BCUT2D eigenvalue weighted by atomic mass is 79.9. The Morgan fingerprint density at radius 2 is 2.13 bits per heavy atom. The van der Waals surface area contributed by atoms with E-state index in [9.17, 15) is 0 Å². The molecule has 1 rings (SSSR count). The molecule has 0 aliphatic rings. The van der Waals surface area contributed by atoms with Crippen LogP contribution in [0, 0.1) is 4.64 Å². The van der Waals surface area contributed by atoms with Crippen LogP contribution in [0.15, 0.2) is 4.47 Å². The van der Waals surface area contributed by atoms with Crippen LogP contribution in [-0.4, -0.2) is 9.97 Å². The maximum Gasteiger partial charge on any atom is 0.144 e. The number of aromatic nitrogens is 2. The molecule has 0 saturated heterocycles. The minimum Gasteiger partial charge on any atom is -0.346 e. The first kappa shape index (κ1) is 12.8. The fourth-order valence-electron chi connectivity index (χ4n) is 1.39. The summed E-state index contributed by atoms with van der Waals surface area (Å²) in [5, 5.41) is 0. The largest absolute Gasteiger partial charge is 0.346 e. The van der Waals surface area contributed by atoms with Gasteiger partial charge in [0.25, 0.3) is 0 Å². The normalized spacial score (nSPS) is 11.0. The number of hydrogen-bond acceptors (Lipinski definition) is 2. The highest BCUT2D eigenvalue weighted by Crippen LogP contribution is 2.23. The molecule has 0 aliphatic carbocycles. The standard InChI is InChI=1S/C11H17BrN2S/c1-4-5-6-8-13-10(7(2)3)9(12)11(15)14-8/h7H,4-6H2,1-3H3,(H,13,14,15). The number of hydrogen-bond donors (Lipinski definition) is 1. The van der Waals surface area contributed by atoms with Crippen molar-refractivity contribution in [2.75, 3.05) is 0 Å². The molecule has 1 aromatic rings. The Kier molecular flexibility index (Phi) is 4.93. The summed E-state index contributed by atoms with van der Waals surface area (Å²) < 4.78 is 1.61. The quantitative estimate of drug-likeness (QED) is 0.834. The van der Waals surface area contributed by atoms with Gasteiger partial charge in [0.2, 0.25) is 0 Å². The predicted octanol–water partition coefficient (Wildman–Crippen LogP) is 4.37. The van der Waals surface area contributed by atoms with Crippen molar-refractivity contribution < 1.29 is 0 Å². The third-order valence-electron chi connectivity index (χ3n) is 2.28. The third kappa shape index (κ3) is 3.38. The van der Waals surface area contributed by atoms with E-state index in [-0.39, 0.29) is 0 Å². The molecule has 2 nitrogen and oxygen atoms in total. The topological polar surface area (TPSA) is 28.7 Å². The van der Waals surface area contributed by atoms with Gasteiger partial charge in [0.1, 0.15) is 10.5 Å². The summed E-state index contributed by atoms with van der Waals surface area (Å²) in [6.45, 7) is 6.47. The summed E-state index contributed by atoms with van der Waals surface area (Å²) in [6, 6.07) is 0. The van der Waals surface area contributed by atoms with Crippen molar-refractivity contribution in [1.29, 1.82) is 0 Å². The zero-order valence-corrected chi connectivity index (χ0v) is 11.8. The maximum atomic E-state index is 5.22. The lowest BCUT2D eigenvalue weighted by molar-refractivity contribution is 0.720. The number of H-pyrrole nitrogens is 1. The summed E-state index contributed by atoms with van der Waals surface area (Å²) in [5.41, 5.74) is 1.15. The van der Waals surface area contributed by atoms with Crippen molar-refractivity contribution in [3.05, 3.63) is 20.6 Å². The van der Waals surface area contributed by atoms with Gasteiger partial charge in [0.15, 0.2) is 0 Å². The van der Waals surface area contributed by atoms with Gasteiger partial charge >= 0.3 is 0 Å². The van der Waals surface area contributed by atoms with Crippen LogP contribution in [0.25, 0.3) is 0 Å². The molecule has 0 aromatic carbocycles. The number of aromatic amines is 1. The minimum absolute atomic E-state index is 0.435. The van der Waals surface area contributed by atoms with E-state index in [1.165, 1.54) is 6.42 Å². The van der Waals surface area contributed by atoms with E-state index in [1.54, 1.807) is 0 Å². The predicted molar refractivity (Wildman–Crippen MR) is 69.8 cm³/mol. The number of halogens is 1. The van der Waals surface area contributed by atoms with Crippen molar-refractivity contribution in [2.24, 2.45) is 0 Å². The Balaban J connectivity index is 3.06. The van der Waals surface area contributed by atoms with Gasteiger partial charge in [-0.2, -0.15) is 0 Å². The van der Waals surface area contributed by atoms with Gasteiger partial charge in [-0.15, -0.1) is 0 Å². The van der Waals surface area contributed by atoms with E-state index in [4.69, 9.17) is 12.2 Å². The zero-order chi connectivity index (χ0) is 11.4. The summed E-state index contributed by atoms with van der Waals surface area (Å²) in [7, 11) is 0. The number of nitrogens with zero attached hydrogens (tertiary/aromatic N) is 1. The van der Waals surface area contributed by atoms with Gasteiger partial charge in [-0.3, -0.25) is 0 Å². The van der Waals surface area contributed by atoms with Crippen LogP contribution in [0.3, 0.4) is 0 Å². The minimum atomic E-state index is 0.435. The first-order chi connectivity index (χ1) is 7.06. The van der Waals surface area contributed by atoms with Gasteiger partial charge in [-0.05, 0) is 28.3 Å². The molecule has 1 N–H and O–H groups in total. The second-order valence-corrected chi connectivity index (χ2v) is 5.15. The smallest absolute Gasteiger partial charge is 0.144 e. The highest BCUT2D eigenvalue weighted by molar-refractivity contribution is 9.10. The van der Waals surface area contributed by atoms with E-state index < -0.39 is 0 Å². The Morgan fingerprint density at radius 3 is 2.67 bits per heavy atom. The Hall–Kier alpha value is -0.220. The number of rotatable bonds is 4. The molecule has 0 fully saturated rings. The van der Waals surface area contributed by atoms with Crippen molar-refractivity contribution in [1.82, 2.24) is 9.97 Å². The molecular weight excluding hydrogens is 272 g/mol.